The Morgan fingerprint density at radius 3 is 2.86 bits per heavy atom. The molecule has 82 valence electrons. The van der Waals surface area contributed by atoms with Gasteiger partial charge in [-0.3, -0.25) is 10.2 Å². The first-order chi connectivity index (χ1) is 6.83. The van der Waals surface area contributed by atoms with Crippen molar-refractivity contribution in [2.24, 2.45) is 11.8 Å². The van der Waals surface area contributed by atoms with Gasteiger partial charge in [0.2, 0.25) is 5.91 Å². The number of hydrazine groups is 1. The Morgan fingerprint density at radius 2 is 2.21 bits per heavy atom. The molecule has 0 spiro atoms. The number of amides is 1. The van der Waals surface area contributed by atoms with Gasteiger partial charge in [0, 0.05) is 19.8 Å². The lowest BCUT2D eigenvalue weighted by Crippen LogP contribution is -2.31. The zero-order valence-electron chi connectivity index (χ0n) is 8.33. The molecule has 0 aromatic rings. The first kappa shape index (κ1) is 11.4. The second kappa shape index (κ2) is 6.75. The average molecular weight is 202 g/mol. The minimum atomic E-state index is -0.183. The van der Waals surface area contributed by atoms with Gasteiger partial charge in [-0.1, -0.05) is 0 Å². The van der Waals surface area contributed by atoms with E-state index in [0.29, 0.717) is 18.9 Å². The van der Waals surface area contributed by atoms with Gasteiger partial charge in [0.1, 0.15) is 0 Å². The fourth-order valence-corrected chi connectivity index (χ4v) is 1.40. The Kier molecular flexibility index (Phi) is 5.51. The number of ether oxygens (including phenoxy) is 2. The van der Waals surface area contributed by atoms with Crippen LogP contribution in [0.5, 0.6) is 0 Å². The third-order valence-electron chi connectivity index (χ3n) is 2.33. The van der Waals surface area contributed by atoms with Gasteiger partial charge in [-0.15, -0.1) is 0 Å². The van der Waals surface area contributed by atoms with Crippen molar-refractivity contribution in [1.82, 2.24) is 5.43 Å². The van der Waals surface area contributed by atoms with Crippen LogP contribution in [0.1, 0.15) is 19.3 Å². The van der Waals surface area contributed by atoms with E-state index in [4.69, 9.17) is 15.3 Å². The van der Waals surface area contributed by atoms with Crippen molar-refractivity contribution in [3.8, 4) is 0 Å². The first-order valence-electron chi connectivity index (χ1n) is 4.98. The molecule has 14 heavy (non-hydrogen) atoms. The molecule has 0 saturated carbocycles. The summed E-state index contributed by atoms with van der Waals surface area (Å²) in [4.78, 5) is 10.7. The summed E-state index contributed by atoms with van der Waals surface area (Å²) >= 11 is 0. The summed E-state index contributed by atoms with van der Waals surface area (Å²) in [7, 11) is 0. The molecule has 1 heterocycles. The summed E-state index contributed by atoms with van der Waals surface area (Å²) in [6.45, 7) is 2.83. The molecule has 1 rings (SSSR count). The zero-order chi connectivity index (χ0) is 10.2. The van der Waals surface area contributed by atoms with Gasteiger partial charge >= 0.3 is 0 Å². The maximum Gasteiger partial charge on any atom is 0.236 e. The van der Waals surface area contributed by atoms with Crippen molar-refractivity contribution in [3.05, 3.63) is 0 Å². The van der Waals surface area contributed by atoms with Crippen LogP contribution in [0.3, 0.4) is 0 Å². The van der Waals surface area contributed by atoms with Crippen LogP contribution in [0, 0.1) is 5.92 Å². The largest absolute Gasteiger partial charge is 0.381 e. The van der Waals surface area contributed by atoms with E-state index >= 15 is 0 Å². The number of carbonyl (C=O) groups excluding carboxylic acids is 1. The second-order valence-corrected chi connectivity index (χ2v) is 3.45. The minimum absolute atomic E-state index is 0.183. The topological polar surface area (TPSA) is 73.6 Å². The quantitative estimate of drug-likeness (QED) is 0.280. The molecule has 0 aliphatic carbocycles. The summed E-state index contributed by atoms with van der Waals surface area (Å²) < 4.78 is 10.6. The summed E-state index contributed by atoms with van der Waals surface area (Å²) in [5.74, 6) is 5.33. The lowest BCUT2D eigenvalue weighted by Gasteiger charge is -2.21. The van der Waals surface area contributed by atoms with Gasteiger partial charge in [-0.2, -0.15) is 0 Å². The Balaban J connectivity index is 1.94. The van der Waals surface area contributed by atoms with Crippen molar-refractivity contribution >= 4 is 5.91 Å². The van der Waals surface area contributed by atoms with Gasteiger partial charge in [0.15, 0.2) is 0 Å². The van der Waals surface area contributed by atoms with E-state index in [1.807, 2.05) is 0 Å². The molecule has 0 radical (unpaired) electrons. The van der Waals surface area contributed by atoms with E-state index in [-0.39, 0.29) is 5.91 Å². The molecule has 0 aromatic heterocycles. The highest BCUT2D eigenvalue weighted by Crippen LogP contribution is 2.14. The molecule has 1 aliphatic heterocycles. The molecular weight excluding hydrogens is 184 g/mol. The smallest absolute Gasteiger partial charge is 0.236 e. The molecule has 5 heteroatoms. The molecule has 1 saturated heterocycles. The minimum Gasteiger partial charge on any atom is -0.381 e. The maximum atomic E-state index is 10.7. The van der Waals surface area contributed by atoms with Crippen molar-refractivity contribution in [3.63, 3.8) is 0 Å². The molecular formula is C9H18N2O3. The van der Waals surface area contributed by atoms with Crippen LogP contribution in [0.4, 0.5) is 0 Å². The SMILES string of the molecule is NNC(=O)CCOCC1CCOCC1. The number of hydrogen-bond donors (Lipinski definition) is 2. The molecule has 0 unspecified atom stereocenters. The van der Waals surface area contributed by atoms with Crippen molar-refractivity contribution in [2.45, 2.75) is 19.3 Å². The number of hydrogen-bond acceptors (Lipinski definition) is 4. The maximum absolute atomic E-state index is 10.7. The van der Waals surface area contributed by atoms with Crippen molar-refractivity contribution in [2.75, 3.05) is 26.4 Å². The number of nitrogens with one attached hydrogen (secondary N) is 1. The number of nitrogens with two attached hydrogens (primary N) is 1. The Hall–Kier alpha value is -0.650. The Morgan fingerprint density at radius 1 is 1.50 bits per heavy atom. The van der Waals surface area contributed by atoms with E-state index in [1.54, 1.807) is 0 Å². The summed E-state index contributed by atoms with van der Waals surface area (Å²) in [5.41, 5.74) is 2.06. The summed E-state index contributed by atoms with van der Waals surface area (Å²) in [6.07, 6.45) is 2.45. The van der Waals surface area contributed by atoms with Gasteiger partial charge < -0.3 is 9.47 Å². The zero-order valence-corrected chi connectivity index (χ0v) is 8.33. The van der Waals surface area contributed by atoms with E-state index in [1.165, 1.54) is 0 Å². The van der Waals surface area contributed by atoms with Crippen molar-refractivity contribution < 1.29 is 14.3 Å². The Labute approximate surface area is 83.9 Å². The predicted octanol–water partition coefficient (Wildman–Crippen LogP) is -0.190. The molecule has 1 amide bonds. The molecule has 3 N–H and O–H groups in total. The highest BCUT2D eigenvalue weighted by atomic mass is 16.5. The fraction of sp³-hybridized carbons (Fsp3) is 0.889. The standard InChI is InChI=1S/C9H18N2O3/c10-11-9(12)3-6-14-7-8-1-4-13-5-2-8/h8H,1-7,10H2,(H,11,12). The normalized spacial score (nSPS) is 18.1. The van der Waals surface area contributed by atoms with Crippen LogP contribution in [0.25, 0.3) is 0 Å². The van der Waals surface area contributed by atoms with Gasteiger partial charge in [-0.05, 0) is 18.8 Å². The average Bonchev–Trinajstić information content (AvgIpc) is 2.25. The van der Waals surface area contributed by atoms with Crippen LogP contribution in [-0.4, -0.2) is 32.3 Å². The third-order valence-corrected chi connectivity index (χ3v) is 2.33. The molecule has 5 nitrogen and oxygen atoms in total. The highest BCUT2D eigenvalue weighted by Gasteiger charge is 2.13. The predicted molar refractivity (Wildman–Crippen MR) is 51.3 cm³/mol. The van der Waals surface area contributed by atoms with E-state index in [2.05, 4.69) is 5.43 Å². The number of carbonyl (C=O) groups is 1. The van der Waals surface area contributed by atoms with Gasteiger partial charge in [0.05, 0.1) is 13.0 Å². The Bertz CT molecular complexity index is 169. The summed E-state index contributed by atoms with van der Waals surface area (Å²) in [6, 6.07) is 0. The van der Waals surface area contributed by atoms with Gasteiger partial charge in [-0.25, -0.2) is 5.84 Å². The summed E-state index contributed by atoms with van der Waals surface area (Å²) in [5, 5.41) is 0. The van der Waals surface area contributed by atoms with Crippen LogP contribution < -0.4 is 11.3 Å². The molecule has 0 atom stereocenters. The van der Waals surface area contributed by atoms with E-state index in [9.17, 15) is 4.79 Å². The lowest BCUT2D eigenvalue weighted by atomic mass is 10.0. The third kappa shape index (κ3) is 4.55. The van der Waals surface area contributed by atoms with E-state index in [0.717, 1.165) is 32.7 Å². The second-order valence-electron chi connectivity index (χ2n) is 3.45. The lowest BCUT2D eigenvalue weighted by molar-refractivity contribution is -0.122. The van der Waals surface area contributed by atoms with Crippen molar-refractivity contribution in [1.29, 1.82) is 0 Å². The monoisotopic (exact) mass is 202 g/mol. The fourth-order valence-electron chi connectivity index (χ4n) is 1.40. The van der Waals surface area contributed by atoms with Crippen LogP contribution in [0.15, 0.2) is 0 Å². The highest BCUT2D eigenvalue weighted by molar-refractivity contribution is 5.75. The molecule has 1 fully saturated rings. The molecule has 0 aromatic carbocycles. The molecule has 0 bridgehead atoms. The first-order valence-corrected chi connectivity index (χ1v) is 4.98. The van der Waals surface area contributed by atoms with Crippen LogP contribution in [-0.2, 0) is 14.3 Å². The van der Waals surface area contributed by atoms with Crippen LogP contribution >= 0.6 is 0 Å². The van der Waals surface area contributed by atoms with Crippen LogP contribution in [0.2, 0.25) is 0 Å². The number of rotatable bonds is 5. The van der Waals surface area contributed by atoms with Gasteiger partial charge in [0.25, 0.3) is 0 Å². The molecule has 1 aliphatic rings. The van der Waals surface area contributed by atoms with E-state index < -0.39 is 0 Å².